The molecule has 0 N–H and O–H groups in total. The Kier molecular flexibility index (Phi) is 4.17. The first-order valence-electron chi connectivity index (χ1n) is 8.50. The van der Waals surface area contributed by atoms with Gasteiger partial charge in [-0.1, -0.05) is 6.07 Å². The Labute approximate surface area is 137 Å². The lowest BCUT2D eigenvalue weighted by molar-refractivity contribution is -0.0940. The van der Waals surface area contributed by atoms with Crippen LogP contribution in [0.4, 0.5) is 0 Å². The lowest BCUT2D eigenvalue weighted by Gasteiger charge is -2.34. The van der Waals surface area contributed by atoms with Crippen molar-refractivity contribution < 1.29 is 17.9 Å². The molecule has 23 heavy (non-hydrogen) atoms. The summed E-state index contributed by atoms with van der Waals surface area (Å²) in [6.07, 6.45) is 4.76. The highest BCUT2D eigenvalue weighted by Crippen LogP contribution is 2.30. The van der Waals surface area contributed by atoms with Gasteiger partial charge >= 0.3 is 0 Å². The van der Waals surface area contributed by atoms with Gasteiger partial charge in [0, 0.05) is 19.0 Å². The normalized spacial score (nSPS) is 26.5. The van der Waals surface area contributed by atoms with Gasteiger partial charge in [0.25, 0.3) is 0 Å². The van der Waals surface area contributed by atoms with Crippen molar-refractivity contribution in [3.05, 3.63) is 29.3 Å². The Morgan fingerprint density at radius 3 is 2.65 bits per heavy atom. The molecule has 1 aromatic carbocycles. The molecule has 2 fully saturated rings. The van der Waals surface area contributed by atoms with Crippen LogP contribution in [0.15, 0.2) is 23.1 Å². The minimum absolute atomic E-state index is 0.135. The van der Waals surface area contributed by atoms with E-state index >= 15 is 0 Å². The van der Waals surface area contributed by atoms with Gasteiger partial charge in [-0.15, -0.1) is 0 Å². The molecular formula is C17H23NO4S. The van der Waals surface area contributed by atoms with Gasteiger partial charge in [0.15, 0.2) is 6.29 Å². The van der Waals surface area contributed by atoms with E-state index in [2.05, 4.69) is 0 Å². The average Bonchev–Trinajstić information content (AvgIpc) is 3.25. The Morgan fingerprint density at radius 1 is 1.04 bits per heavy atom. The quantitative estimate of drug-likeness (QED) is 0.846. The second kappa shape index (κ2) is 6.16. The number of fused-ring (bicyclic) bond motifs is 1. The van der Waals surface area contributed by atoms with Gasteiger partial charge in [0.2, 0.25) is 10.0 Å². The van der Waals surface area contributed by atoms with Crippen LogP contribution >= 0.6 is 0 Å². The number of hydrogen-bond acceptors (Lipinski definition) is 4. The predicted molar refractivity (Wildman–Crippen MR) is 85.6 cm³/mol. The van der Waals surface area contributed by atoms with Crippen LogP contribution in [0.1, 0.15) is 30.4 Å². The van der Waals surface area contributed by atoms with Crippen LogP contribution in [0.2, 0.25) is 0 Å². The molecule has 0 spiro atoms. The number of ether oxygens (including phenoxy) is 2. The molecular weight excluding hydrogens is 314 g/mol. The van der Waals surface area contributed by atoms with Crippen LogP contribution in [0, 0.1) is 5.92 Å². The van der Waals surface area contributed by atoms with Gasteiger partial charge in [-0.3, -0.25) is 0 Å². The molecule has 5 nitrogen and oxygen atoms in total. The Balaban J connectivity index is 1.55. The monoisotopic (exact) mass is 337 g/mol. The summed E-state index contributed by atoms with van der Waals surface area (Å²) in [5.41, 5.74) is 2.50. The summed E-state index contributed by atoms with van der Waals surface area (Å²) in [6.45, 7) is 2.30. The Hall–Kier alpha value is -0.950. The fourth-order valence-corrected chi connectivity index (χ4v) is 5.51. The van der Waals surface area contributed by atoms with Gasteiger partial charge in [0.1, 0.15) is 0 Å². The minimum Gasteiger partial charge on any atom is -0.350 e. The Morgan fingerprint density at radius 2 is 1.83 bits per heavy atom. The smallest absolute Gasteiger partial charge is 0.243 e. The number of nitrogens with zero attached hydrogens (tertiary/aromatic N) is 1. The van der Waals surface area contributed by atoms with E-state index in [0.717, 1.165) is 32.1 Å². The molecule has 126 valence electrons. The lowest BCUT2D eigenvalue weighted by atomic mass is 9.99. The molecule has 1 atom stereocenters. The summed E-state index contributed by atoms with van der Waals surface area (Å²) in [5, 5.41) is 0. The van der Waals surface area contributed by atoms with Crippen LogP contribution in [-0.2, 0) is 32.3 Å². The van der Waals surface area contributed by atoms with E-state index in [4.69, 9.17) is 9.47 Å². The van der Waals surface area contributed by atoms with Crippen molar-refractivity contribution in [2.45, 2.75) is 43.3 Å². The predicted octanol–water partition coefficient (Wildman–Crippen LogP) is 1.95. The third kappa shape index (κ3) is 2.93. The summed E-state index contributed by atoms with van der Waals surface area (Å²) < 4.78 is 38.7. The second-order valence-corrected chi connectivity index (χ2v) is 8.60. The fourth-order valence-electron chi connectivity index (χ4n) is 3.92. The summed E-state index contributed by atoms with van der Waals surface area (Å²) >= 11 is 0. The zero-order valence-electron chi connectivity index (χ0n) is 13.2. The SMILES string of the molecule is O=S(=O)(c1ccc2c(c1)CCC2)N1CCC[C@@H](C2OCCO2)C1. The first-order chi connectivity index (χ1) is 11.1. The van der Waals surface area contributed by atoms with Gasteiger partial charge < -0.3 is 9.47 Å². The first-order valence-corrected chi connectivity index (χ1v) is 9.94. The zero-order valence-corrected chi connectivity index (χ0v) is 14.1. The number of aryl methyl sites for hydroxylation is 2. The molecule has 1 aromatic rings. The van der Waals surface area contributed by atoms with E-state index in [1.54, 1.807) is 10.4 Å². The highest BCUT2D eigenvalue weighted by Gasteiger charge is 2.36. The molecule has 0 aromatic heterocycles. The molecule has 0 amide bonds. The van der Waals surface area contributed by atoms with Crippen LogP contribution in [-0.4, -0.2) is 45.3 Å². The third-order valence-electron chi connectivity index (χ3n) is 5.16. The van der Waals surface area contributed by atoms with Crippen LogP contribution in [0.25, 0.3) is 0 Å². The number of sulfonamides is 1. The van der Waals surface area contributed by atoms with E-state index in [9.17, 15) is 8.42 Å². The second-order valence-electron chi connectivity index (χ2n) is 6.66. The van der Waals surface area contributed by atoms with Crippen LogP contribution < -0.4 is 0 Å². The van der Waals surface area contributed by atoms with E-state index in [1.807, 2.05) is 12.1 Å². The maximum atomic E-state index is 13.0. The minimum atomic E-state index is -3.42. The van der Waals surface area contributed by atoms with Crippen molar-refractivity contribution in [2.75, 3.05) is 26.3 Å². The maximum Gasteiger partial charge on any atom is 0.243 e. The molecule has 4 rings (SSSR count). The summed E-state index contributed by atoms with van der Waals surface area (Å²) in [5.74, 6) is 0.135. The van der Waals surface area contributed by atoms with Gasteiger partial charge in [0.05, 0.1) is 18.1 Å². The van der Waals surface area contributed by atoms with Gasteiger partial charge in [-0.05, 0) is 55.4 Å². The maximum absolute atomic E-state index is 13.0. The highest BCUT2D eigenvalue weighted by molar-refractivity contribution is 7.89. The topological polar surface area (TPSA) is 55.8 Å². The number of rotatable bonds is 3. The number of hydrogen-bond donors (Lipinski definition) is 0. The molecule has 0 radical (unpaired) electrons. The van der Waals surface area contributed by atoms with Crippen LogP contribution in [0.5, 0.6) is 0 Å². The summed E-state index contributed by atoms with van der Waals surface area (Å²) in [6, 6.07) is 5.63. The van der Waals surface area contributed by atoms with Crippen molar-refractivity contribution >= 4 is 10.0 Å². The molecule has 2 aliphatic heterocycles. The first kappa shape index (κ1) is 15.6. The average molecular weight is 337 g/mol. The molecule has 0 saturated carbocycles. The van der Waals surface area contributed by atoms with Gasteiger partial charge in [-0.2, -0.15) is 4.31 Å². The van der Waals surface area contributed by atoms with E-state index in [1.165, 1.54) is 11.1 Å². The fraction of sp³-hybridized carbons (Fsp3) is 0.647. The van der Waals surface area contributed by atoms with E-state index < -0.39 is 10.0 Å². The third-order valence-corrected chi connectivity index (χ3v) is 7.02. The van der Waals surface area contributed by atoms with Crippen LogP contribution in [0.3, 0.4) is 0 Å². The molecule has 1 aliphatic carbocycles. The Bertz CT molecular complexity index is 682. The summed E-state index contributed by atoms with van der Waals surface area (Å²) in [4.78, 5) is 0.437. The molecule has 2 saturated heterocycles. The lowest BCUT2D eigenvalue weighted by Crippen LogP contribution is -2.43. The molecule has 6 heteroatoms. The van der Waals surface area contributed by atoms with Crippen molar-refractivity contribution in [1.82, 2.24) is 4.31 Å². The van der Waals surface area contributed by atoms with E-state index in [-0.39, 0.29) is 12.2 Å². The molecule has 0 bridgehead atoms. The standard InChI is InChI=1S/C17H23NO4S/c19-23(20,16-7-6-13-3-1-4-14(13)11-16)18-8-2-5-15(12-18)17-21-9-10-22-17/h6-7,11,15,17H,1-5,8-10,12H2/t15-/m1/s1. The summed E-state index contributed by atoms with van der Waals surface area (Å²) in [7, 11) is -3.42. The van der Waals surface area contributed by atoms with Crippen molar-refractivity contribution in [3.63, 3.8) is 0 Å². The van der Waals surface area contributed by atoms with Gasteiger partial charge in [-0.25, -0.2) is 8.42 Å². The number of piperidine rings is 1. The molecule has 0 unspecified atom stereocenters. The zero-order chi connectivity index (χ0) is 15.9. The molecule has 2 heterocycles. The number of benzene rings is 1. The van der Waals surface area contributed by atoms with Crippen molar-refractivity contribution in [3.8, 4) is 0 Å². The molecule has 3 aliphatic rings. The highest BCUT2D eigenvalue weighted by atomic mass is 32.2. The van der Waals surface area contributed by atoms with Crippen molar-refractivity contribution in [1.29, 1.82) is 0 Å². The largest absolute Gasteiger partial charge is 0.350 e. The van der Waals surface area contributed by atoms with Crippen molar-refractivity contribution in [2.24, 2.45) is 5.92 Å². The van der Waals surface area contributed by atoms with E-state index in [0.29, 0.717) is 31.2 Å².